The van der Waals surface area contributed by atoms with Crippen molar-refractivity contribution >= 4 is 34.0 Å². The minimum absolute atomic E-state index is 0.320. The second-order valence-corrected chi connectivity index (χ2v) is 6.45. The Kier molecular flexibility index (Phi) is 6.12. The van der Waals surface area contributed by atoms with Crippen LogP contribution in [-0.2, 0) is 0 Å². The monoisotopic (exact) mass is 422 g/mol. The van der Waals surface area contributed by atoms with E-state index in [4.69, 9.17) is 4.74 Å². The molecule has 0 unspecified atom stereocenters. The molecular weight excluding hydrogens is 408 g/mol. The van der Waals surface area contributed by atoms with Crippen LogP contribution < -0.4 is 10.2 Å². The Morgan fingerprint density at radius 1 is 0.889 bits per heavy atom. The zero-order valence-electron chi connectivity index (χ0n) is 14.1. The van der Waals surface area contributed by atoms with Gasteiger partial charge in [0.05, 0.1) is 11.8 Å². The van der Waals surface area contributed by atoms with E-state index in [0.717, 1.165) is 4.47 Å². The summed E-state index contributed by atoms with van der Waals surface area (Å²) >= 11 is 3.32. The number of carbonyl (C=O) groups excluding carboxylic acids is 2. The third-order valence-electron chi connectivity index (χ3n) is 3.54. The molecule has 3 aromatic rings. The van der Waals surface area contributed by atoms with Crippen molar-refractivity contribution in [2.24, 2.45) is 5.10 Å². The average Bonchev–Trinajstić information content (AvgIpc) is 2.69. The summed E-state index contributed by atoms with van der Waals surface area (Å²) in [6.45, 7) is 0. The van der Waals surface area contributed by atoms with Crippen molar-refractivity contribution < 1.29 is 14.3 Å². The maximum absolute atomic E-state index is 12.1. The Morgan fingerprint density at radius 2 is 1.63 bits per heavy atom. The summed E-state index contributed by atoms with van der Waals surface area (Å²) < 4.78 is 6.17. The minimum Gasteiger partial charge on any atom is -0.423 e. The van der Waals surface area contributed by atoms with Gasteiger partial charge in [-0.25, -0.2) is 10.2 Å². The molecule has 1 N–H and O–H groups in total. The van der Waals surface area contributed by atoms with Gasteiger partial charge in [-0.05, 0) is 48.0 Å². The summed E-state index contributed by atoms with van der Waals surface area (Å²) in [6.07, 6.45) is 1.48. The van der Waals surface area contributed by atoms with Crippen LogP contribution in [0.3, 0.4) is 0 Å². The molecule has 6 heteroatoms. The van der Waals surface area contributed by atoms with Crippen molar-refractivity contribution in [1.29, 1.82) is 0 Å². The standard InChI is InChI=1S/C21H15BrN2O3/c22-18-10-5-9-17(13-18)20(25)24-23-14-15-6-4-11-19(12-15)27-21(26)16-7-2-1-3-8-16/h1-14H,(H,24,25)/b23-14-. The third-order valence-corrected chi connectivity index (χ3v) is 4.04. The molecule has 0 saturated carbocycles. The molecular formula is C21H15BrN2O3. The molecule has 0 spiro atoms. The first-order chi connectivity index (χ1) is 13.1. The lowest BCUT2D eigenvalue weighted by atomic mass is 10.2. The highest BCUT2D eigenvalue weighted by molar-refractivity contribution is 9.10. The molecule has 0 aromatic heterocycles. The van der Waals surface area contributed by atoms with Gasteiger partial charge in [0.15, 0.2) is 0 Å². The van der Waals surface area contributed by atoms with Crippen LogP contribution in [0.15, 0.2) is 88.4 Å². The lowest BCUT2D eigenvalue weighted by molar-refractivity contribution is 0.0734. The molecule has 134 valence electrons. The van der Waals surface area contributed by atoms with Gasteiger partial charge in [0.1, 0.15) is 5.75 Å². The first-order valence-corrected chi connectivity index (χ1v) is 8.87. The van der Waals surface area contributed by atoms with Gasteiger partial charge in [-0.1, -0.05) is 52.3 Å². The highest BCUT2D eigenvalue weighted by Gasteiger charge is 2.08. The molecule has 1 amide bonds. The van der Waals surface area contributed by atoms with E-state index in [9.17, 15) is 9.59 Å². The fraction of sp³-hybridized carbons (Fsp3) is 0. The normalized spacial score (nSPS) is 10.6. The predicted molar refractivity (Wildman–Crippen MR) is 107 cm³/mol. The molecule has 3 rings (SSSR count). The first kappa shape index (κ1) is 18.5. The van der Waals surface area contributed by atoms with Crippen LogP contribution in [0.5, 0.6) is 5.75 Å². The Balaban J connectivity index is 1.62. The van der Waals surface area contributed by atoms with Crippen molar-refractivity contribution in [3.05, 3.63) is 100 Å². The van der Waals surface area contributed by atoms with E-state index in [1.165, 1.54) is 6.21 Å². The molecule has 3 aromatic carbocycles. The zero-order chi connectivity index (χ0) is 19.1. The molecule has 0 saturated heterocycles. The topological polar surface area (TPSA) is 67.8 Å². The van der Waals surface area contributed by atoms with E-state index >= 15 is 0 Å². The second kappa shape index (κ2) is 8.91. The van der Waals surface area contributed by atoms with Gasteiger partial charge in [0, 0.05) is 10.0 Å². The summed E-state index contributed by atoms with van der Waals surface area (Å²) in [5, 5.41) is 3.95. The van der Waals surface area contributed by atoms with Gasteiger partial charge in [-0.15, -0.1) is 0 Å². The Hall–Kier alpha value is -3.25. The SMILES string of the molecule is O=C(N/N=C\c1cccc(OC(=O)c2ccccc2)c1)c1cccc(Br)c1. The van der Waals surface area contributed by atoms with Crippen molar-refractivity contribution in [3.8, 4) is 5.75 Å². The number of carbonyl (C=O) groups is 2. The summed E-state index contributed by atoms with van der Waals surface area (Å²) in [4.78, 5) is 24.1. The Labute approximate surface area is 164 Å². The number of halogens is 1. The number of nitrogens with zero attached hydrogens (tertiary/aromatic N) is 1. The number of ether oxygens (including phenoxy) is 1. The van der Waals surface area contributed by atoms with Gasteiger partial charge < -0.3 is 4.74 Å². The number of nitrogens with one attached hydrogen (secondary N) is 1. The van der Waals surface area contributed by atoms with E-state index in [2.05, 4.69) is 26.5 Å². The summed E-state index contributed by atoms with van der Waals surface area (Å²) in [5.41, 5.74) is 4.11. The van der Waals surface area contributed by atoms with E-state index in [0.29, 0.717) is 22.4 Å². The van der Waals surface area contributed by atoms with E-state index in [-0.39, 0.29) is 5.91 Å². The van der Waals surface area contributed by atoms with Gasteiger partial charge in [0.2, 0.25) is 0 Å². The number of amides is 1. The highest BCUT2D eigenvalue weighted by atomic mass is 79.9. The van der Waals surface area contributed by atoms with Crippen molar-refractivity contribution in [3.63, 3.8) is 0 Å². The zero-order valence-corrected chi connectivity index (χ0v) is 15.7. The van der Waals surface area contributed by atoms with Crippen molar-refractivity contribution in [1.82, 2.24) is 5.43 Å². The Bertz CT molecular complexity index is 987. The van der Waals surface area contributed by atoms with Crippen molar-refractivity contribution in [2.45, 2.75) is 0 Å². The van der Waals surface area contributed by atoms with Crippen LogP contribution in [0.1, 0.15) is 26.3 Å². The van der Waals surface area contributed by atoms with Crippen LogP contribution in [-0.4, -0.2) is 18.1 Å². The number of hydrogen-bond acceptors (Lipinski definition) is 4. The van der Waals surface area contributed by atoms with Crippen molar-refractivity contribution in [2.75, 3.05) is 0 Å². The van der Waals surface area contributed by atoms with E-state index in [1.807, 2.05) is 12.1 Å². The average molecular weight is 423 g/mol. The molecule has 0 aliphatic heterocycles. The minimum atomic E-state index is -0.437. The number of rotatable bonds is 5. The lowest BCUT2D eigenvalue weighted by Crippen LogP contribution is -2.17. The van der Waals surface area contributed by atoms with Crippen LogP contribution >= 0.6 is 15.9 Å². The molecule has 0 fully saturated rings. The van der Waals surface area contributed by atoms with E-state index in [1.54, 1.807) is 66.7 Å². The predicted octanol–water partition coefficient (Wildman–Crippen LogP) is 4.43. The summed E-state index contributed by atoms with van der Waals surface area (Å²) in [7, 11) is 0. The van der Waals surface area contributed by atoms with Gasteiger partial charge in [-0.2, -0.15) is 5.10 Å². The number of benzene rings is 3. The number of hydrazone groups is 1. The summed E-state index contributed by atoms with van der Waals surface area (Å²) in [6, 6.07) is 22.6. The van der Waals surface area contributed by atoms with Gasteiger partial charge in [0.25, 0.3) is 5.91 Å². The molecule has 0 aliphatic rings. The fourth-order valence-corrected chi connectivity index (χ4v) is 2.66. The number of esters is 1. The molecule has 5 nitrogen and oxygen atoms in total. The maximum atomic E-state index is 12.1. The number of hydrogen-bond donors (Lipinski definition) is 1. The van der Waals surface area contributed by atoms with Gasteiger partial charge in [-0.3, -0.25) is 4.79 Å². The maximum Gasteiger partial charge on any atom is 0.343 e. The van der Waals surface area contributed by atoms with Crippen LogP contribution in [0.2, 0.25) is 0 Å². The lowest BCUT2D eigenvalue weighted by Gasteiger charge is -2.05. The molecule has 0 radical (unpaired) electrons. The van der Waals surface area contributed by atoms with Crippen LogP contribution in [0.25, 0.3) is 0 Å². The first-order valence-electron chi connectivity index (χ1n) is 8.08. The van der Waals surface area contributed by atoms with E-state index < -0.39 is 5.97 Å². The molecule has 27 heavy (non-hydrogen) atoms. The fourth-order valence-electron chi connectivity index (χ4n) is 2.26. The second-order valence-electron chi connectivity index (χ2n) is 5.54. The third kappa shape index (κ3) is 5.36. The quantitative estimate of drug-likeness (QED) is 0.286. The molecule has 0 aliphatic carbocycles. The Morgan fingerprint density at radius 3 is 2.41 bits per heavy atom. The largest absolute Gasteiger partial charge is 0.423 e. The van der Waals surface area contributed by atoms with Crippen LogP contribution in [0.4, 0.5) is 0 Å². The molecule has 0 heterocycles. The van der Waals surface area contributed by atoms with Gasteiger partial charge >= 0.3 is 5.97 Å². The molecule has 0 atom stereocenters. The molecule has 0 bridgehead atoms. The van der Waals surface area contributed by atoms with Crippen LogP contribution in [0, 0.1) is 0 Å². The smallest absolute Gasteiger partial charge is 0.343 e. The highest BCUT2D eigenvalue weighted by Crippen LogP contribution is 2.14. The summed E-state index contributed by atoms with van der Waals surface area (Å²) in [5.74, 6) is -0.363.